The fourth-order valence-corrected chi connectivity index (χ4v) is 0.859. The Balaban J connectivity index is 3.73. The van der Waals surface area contributed by atoms with Gasteiger partial charge in [0.05, 0.1) is 12.7 Å². The van der Waals surface area contributed by atoms with E-state index < -0.39 is 12.4 Å². The number of ether oxygens (including phenoxy) is 3. The van der Waals surface area contributed by atoms with Gasteiger partial charge in [-0.1, -0.05) is 6.92 Å². The van der Waals surface area contributed by atoms with Crippen LogP contribution in [0, 0.1) is 0 Å². The van der Waals surface area contributed by atoms with Crippen molar-refractivity contribution >= 4 is 0 Å². The molecular formula is C10H22O4. The van der Waals surface area contributed by atoms with Crippen LogP contribution in [0.1, 0.15) is 27.2 Å². The first kappa shape index (κ1) is 13.8. The molecule has 4 heteroatoms. The van der Waals surface area contributed by atoms with Crippen LogP contribution in [-0.2, 0) is 14.2 Å². The Morgan fingerprint density at radius 3 is 2.29 bits per heavy atom. The zero-order chi connectivity index (χ0) is 11.0. The average Bonchev–Trinajstić information content (AvgIpc) is 2.16. The van der Waals surface area contributed by atoms with Crippen LogP contribution in [0.3, 0.4) is 0 Å². The average molecular weight is 206 g/mol. The van der Waals surface area contributed by atoms with Crippen LogP contribution in [0.5, 0.6) is 0 Å². The van der Waals surface area contributed by atoms with E-state index in [-0.39, 0.29) is 6.10 Å². The summed E-state index contributed by atoms with van der Waals surface area (Å²) in [5.41, 5.74) is 0. The molecule has 0 fully saturated rings. The monoisotopic (exact) mass is 206 g/mol. The lowest BCUT2D eigenvalue weighted by atomic mass is 10.4. The Morgan fingerprint density at radius 2 is 1.86 bits per heavy atom. The number of methoxy groups -OCH3 is 1. The Hall–Kier alpha value is -0.160. The van der Waals surface area contributed by atoms with Gasteiger partial charge in [-0.3, -0.25) is 0 Å². The van der Waals surface area contributed by atoms with Crippen LogP contribution >= 0.6 is 0 Å². The maximum absolute atomic E-state index is 9.33. The van der Waals surface area contributed by atoms with E-state index in [1.807, 2.05) is 13.8 Å². The zero-order valence-electron chi connectivity index (χ0n) is 9.53. The molecule has 4 nitrogen and oxygen atoms in total. The molecule has 0 aromatic heterocycles. The van der Waals surface area contributed by atoms with E-state index >= 15 is 0 Å². The third-order valence-corrected chi connectivity index (χ3v) is 1.78. The SMILES string of the molecule is CCCOC(OCC(C)OC)C(C)O. The van der Waals surface area contributed by atoms with Gasteiger partial charge in [0.15, 0.2) is 6.29 Å². The molecule has 0 aliphatic rings. The van der Waals surface area contributed by atoms with Gasteiger partial charge in [-0.15, -0.1) is 0 Å². The highest BCUT2D eigenvalue weighted by Gasteiger charge is 2.16. The lowest BCUT2D eigenvalue weighted by Gasteiger charge is -2.22. The third-order valence-electron chi connectivity index (χ3n) is 1.78. The molecule has 14 heavy (non-hydrogen) atoms. The van der Waals surface area contributed by atoms with Crippen molar-refractivity contribution in [3.8, 4) is 0 Å². The molecule has 0 amide bonds. The minimum absolute atomic E-state index is 0.0153. The fourth-order valence-electron chi connectivity index (χ4n) is 0.859. The normalized spacial score (nSPS) is 17.8. The highest BCUT2D eigenvalue weighted by atomic mass is 16.7. The molecule has 3 atom stereocenters. The standard InChI is InChI=1S/C10H22O4/c1-5-6-13-10(9(3)11)14-7-8(2)12-4/h8-11H,5-7H2,1-4H3. The Bertz CT molecular complexity index is 127. The molecule has 0 aromatic carbocycles. The van der Waals surface area contributed by atoms with Gasteiger partial charge in [-0.25, -0.2) is 0 Å². The van der Waals surface area contributed by atoms with Crippen molar-refractivity contribution in [2.45, 2.75) is 45.7 Å². The Morgan fingerprint density at radius 1 is 1.21 bits per heavy atom. The predicted octanol–water partition coefficient (Wildman–Crippen LogP) is 1.17. The lowest BCUT2D eigenvalue weighted by molar-refractivity contribution is -0.200. The van der Waals surface area contributed by atoms with Crippen LogP contribution < -0.4 is 0 Å². The van der Waals surface area contributed by atoms with Gasteiger partial charge in [-0.05, 0) is 20.3 Å². The van der Waals surface area contributed by atoms with E-state index in [4.69, 9.17) is 14.2 Å². The minimum atomic E-state index is -0.620. The predicted molar refractivity (Wildman–Crippen MR) is 54.1 cm³/mol. The smallest absolute Gasteiger partial charge is 0.183 e. The molecule has 0 saturated carbocycles. The maximum atomic E-state index is 9.33. The number of aliphatic hydroxyl groups excluding tert-OH is 1. The van der Waals surface area contributed by atoms with Crippen molar-refractivity contribution in [1.82, 2.24) is 0 Å². The molecule has 0 radical (unpaired) electrons. The van der Waals surface area contributed by atoms with Crippen molar-refractivity contribution in [3.63, 3.8) is 0 Å². The van der Waals surface area contributed by atoms with Crippen LogP contribution in [0.25, 0.3) is 0 Å². The van der Waals surface area contributed by atoms with E-state index in [1.54, 1.807) is 14.0 Å². The maximum Gasteiger partial charge on any atom is 0.183 e. The van der Waals surface area contributed by atoms with Gasteiger partial charge in [-0.2, -0.15) is 0 Å². The molecule has 0 bridgehead atoms. The summed E-state index contributed by atoms with van der Waals surface area (Å²) in [7, 11) is 1.62. The van der Waals surface area contributed by atoms with Crippen LogP contribution in [0.15, 0.2) is 0 Å². The fraction of sp³-hybridized carbons (Fsp3) is 1.00. The summed E-state index contributed by atoms with van der Waals surface area (Å²) in [6.45, 7) is 6.58. The summed E-state index contributed by atoms with van der Waals surface area (Å²) in [5.74, 6) is 0. The molecule has 0 aliphatic heterocycles. The molecule has 0 aromatic rings. The van der Waals surface area contributed by atoms with Crippen molar-refractivity contribution < 1.29 is 19.3 Å². The van der Waals surface area contributed by atoms with Gasteiger partial charge < -0.3 is 19.3 Å². The van der Waals surface area contributed by atoms with E-state index in [0.717, 1.165) is 6.42 Å². The number of rotatable bonds is 8. The van der Waals surface area contributed by atoms with E-state index in [1.165, 1.54) is 0 Å². The highest BCUT2D eigenvalue weighted by molar-refractivity contribution is 4.55. The third kappa shape index (κ3) is 6.32. The first-order valence-corrected chi connectivity index (χ1v) is 5.05. The molecule has 1 N–H and O–H groups in total. The largest absolute Gasteiger partial charge is 0.388 e. The van der Waals surface area contributed by atoms with Crippen molar-refractivity contribution in [1.29, 1.82) is 0 Å². The number of aliphatic hydroxyl groups is 1. The van der Waals surface area contributed by atoms with Crippen molar-refractivity contribution in [2.75, 3.05) is 20.3 Å². The summed E-state index contributed by atoms with van der Waals surface area (Å²) in [6, 6.07) is 0. The first-order valence-electron chi connectivity index (χ1n) is 5.05. The summed E-state index contributed by atoms with van der Waals surface area (Å²) in [4.78, 5) is 0. The zero-order valence-corrected chi connectivity index (χ0v) is 9.53. The van der Waals surface area contributed by atoms with Gasteiger partial charge >= 0.3 is 0 Å². The summed E-state index contributed by atoms with van der Waals surface area (Å²) in [5, 5.41) is 9.33. The molecule has 0 spiro atoms. The van der Waals surface area contributed by atoms with Gasteiger partial charge in [0.2, 0.25) is 0 Å². The molecule has 0 heterocycles. The lowest BCUT2D eigenvalue weighted by Crippen LogP contribution is -2.32. The van der Waals surface area contributed by atoms with E-state index in [0.29, 0.717) is 13.2 Å². The van der Waals surface area contributed by atoms with E-state index in [9.17, 15) is 5.11 Å². The molecule has 0 aliphatic carbocycles. The molecule has 0 saturated heterocycles. The number of hydrogen-bond acceptors (Lipinski definition) is 4. The van der Waals surface area contributed by atoms with Gasteiger partial charge in [0.1, 0.15) is 6.10 Å². The van der Waals surface area contributed by atoms with Gasteiger partial charge in [0, 0.05) is 13.7 Å². The van der Waals surface area contributed by atoms with Crippen LogP contribution in [0.2, 0.25) is 0 Å². The first-order chi connectivity index (χ1) is 6.61. The molecule has 86 valence electrons. The quantitative estimate of drug-likeness (QED) is 0.606. The second-order valence-corrected chi connectivity index (χ2v) is 3.36. The Kier molecular flexibility index (Phi) is 8.08. The molecule has 0 rings (SSSR count). The van der Waals surface area contributed by atoms with Gasteiger partial charge in [0.25, 0.3) is 0 Å². The second kappa shape index (κ2) is 8.17. The summed E-state index contributed by atoms with van der Waals surface area (Å²) in [6.07, 6.45) is -0.244. The van der Waals surface area contributed by atoms with Crippen LogP contribution in [-0.4, -0.2) is 43.9 Å². The number of hydrogen-bond donors (Lipinski definition) is 1. The Labute approximate surface area is 86.2 Å². The van der Waals surface area contributed by atoms with E-state index in [2.05, 4.69) is 0 Å². The van der Waals surface area contributed by atoms with Crippen LogP contribution in [0.4, 0.5) is 0 Å². The van der Waals surface area contributed by atoms with Crippen molar-refractivity contribution in [3.05, 3.63) is 0 Å². The minimum Gasteiger partial charge on any atom is -0.388 e. The van der Waals surface area contributed by atoms with Crippen molar-refractivity contribution in [2.24, 2.45) is 0 Å². The molecule has 3 unspecified atom stereocenters. The highest BCUT2D eigenvalue weighted by Crippen LogP contribution is 2.04. The molecular weight excluding hydrogens is 184 g/mol. The topological polar surface area (TPSA) is 47.9 Å². The summed E-state index contributed by atoms with van der Waals surface area (Å²) >= 11 is 0. The summed E-state index contributed by atoms with van der Waals surface area (Å²) < 4.78 is 15.7. The second-order valence-electron chi connectivity index (χ2n) is 3.36.